The van der Waals surface area contributed by atoms with Crippen LogP contribution >= 0.6 is 12.4 Å². The minimum atomic E-state index is -0.363. The highest BCUT2D eigenvalue weighted by molar-refractivity contribution is 5.94. The van der Waals surface area contributed by atoms with E-state index in [1.165, 1.54) is 12.1 Å². The van der Waals surface area contributed by atoms with Gasteiger partial charge in [-0.15, -0.1) is 12.4 Å². The Bertz CT molecular complexity index is 414. The second-order valence-electron chi connectivity index (χ2n) is 4.39. The fourth-order valence-electron chi connectivity index (χ4n) is 2.20. The molecule has 1 fully saturated rings. The molecule has 0 aliphatic carbocycles. The summed E-state index contributed by atoms with van der Waals surface area (Å²) in [5.74, 6) is -0.442. The van der Waals surface area contributed by atoms with Gasteiger partial charge in [0.25, 0.3) is 5.91 Å². The van der Waals surface area contributed by atoms with Crippen molar-refractivity contribution >= 4 is 18.3 Å². The summed E-state index contributed by atoms with van der Waals surface area (Å²) in [4.78, 5) is 13.9. The maximum Gasteiger partial charge on any atom is 0.254 e. The van der Waals surface area contributed by atoms with Crippen LogP contribution in [0.25, 0.3) is 0 Å². The number of carbonyl (C=O) groups excluding carboxylic acids is 1. The van der Waals surface area contributed by atoms with Gasteiger partial charge in [-0.1, -0.05) is 6.07 Å². The van der Waals surface area contributed by atoms with E-state index in [2.05, 4.69) is 5.32 Å². The molecule has 1 unspecified atom stereocenters. The maximum absolute atomic E-state index is 13.1. The van der Waals surface area contributed by atoms with E-state index >= 15 is 0 Å². The smallest absolute Gasteiger partial charge is 0.254 e. The largest absolute Gasteiger partial charge is 0.337 e. The molecule has 0 spiro atoms. The predicted octanol–water partition coefficient (Wildman–Crippen LogP) is 2.07. The molecule has 0 radical (unpaired) electrons. The standard InChI is InChI=1S/C13H17FN2O.ClH/c1-15-12-6-3-7-16(9-12)13(17)10-4-2-5-11(14)8-10;/h2,4-5,8,12,15H,3,6-7,9H2,1H3;1H. The lowest BCUT2D eigenvalue weighted by molar-refractivity contribution is 0.0697. The Hall–Kier alpha value is -1.13. The Balaban J connectivity index is 0.00000162. The highest BCUT2D eigenvalue weighted by Gasteiger charge is 2.23. The van der Waals surface area contributed by atoms with Gasteiger partial charge in [0.1, 0.15) is 5.82 Å². The van der Waals surface area contributed by atoms with Gasteiger partial charge in [0.15, 0.2) is 0 Å². The van der Waals surface area contributed by atoms with Gasteiger partial charge in [-0.3, -0.25) is 4.79 Å². The van der Waals surface area contributed by atoms with Gasteiger partial charge in [0.05, 0.1) is 0 Å². The molecular weight excluding hydrogens is 255 g/mol. The molecule has 2 rings (SSSR count). The van der Waals surface area contributed by atoms with Gasteiger partial charge in [-0.05, 0) is 38.1 Å². The van der Waals surface area contributed by atoms with Crippen molar-refractivity contribution in [2.24, 2.45) is 0 Å². The quantitative estimate of drug-likeness (QED) is 0.894. The average Bonchev–Trinajstić information content (AvgIpc) is 2.38. The molecule has 1 aliphatic rings. The number of nitrogens with one attached hydrogen (secondary N) is 1. The third kappa shape index (κ3) is 3.43. The molecule has 1 heterocycles. The molecule has 1 aromatic carbocycles. The fourth-order valence-corrected chi connectivity index (χ4v) is 2.20. The van der Waals surface area contributed by atoms with Gasteiger partial charge >= 0.3 is 0 Å². The number of hydrogen-bond donors (Lipinski definition) is 1. The Morgan fingerprint density at radius 3 is 2.94 bits per heavy atom. The number of nitrogens with zero attached hydrogens (tertiary/aromatic N) is 1. The van der Waals surface area contributed by atoms with Crippen molar-refractivity contribution in [3.05, 3.63) is 35.6 Å². The highest BCUT2D eigenvalue weighted by atomic mass is 35.5. The van der Waals surface area contributed by atoms with Crippen LogP contribution in [0.3, 0.4) is 0 Å². The van der Waals surface area contributed by atoms with Crippen molar-refractivity contribution in [2.45, 2.75) is 18.9 Å². The minimum Gasteiger partial charge on any atom is -0.337 e. The first-order chi connectivity index (χ1) is 8.20. The van der Waals surface area contributed by atoms with Crippen LogP contribution < -0.4 is 5.32 Å². The number of likely N-dealkylation sites (tertiary alicyclic amines) is 1. The van der Waals surface area contributed by atoms with E-state index in [1.807, 2.05) is 7.05 Å². The van der Waals surface area contributed by atoms with Gasteiger partial charge in [0, 0.05) is 24.7 Å². The maximum atomic E-state index is 13.1. The summed E-state index contributed by atoms with van der Waals surface area (Å²) < 4.78 is 13.1. The van der Waals surface area contributed by atoms with Crippen molar-refractivity contribution < 1.29 is 9.18 Å². The Morgan fingerprint density at radius 1 is 1.50 bits per heavy atom. The van der Waals surface area contributed by atoms with Crippen LogP contribution in [-0.2, 0) is 0 Å². The Labute approximate surface area is 113 Å². The summed E-state index contributed by atoms with van der Waals surface area (Å²) in [6.45, 7) is 1.46. The number of halogens is 2. The highest BCUT2D eigenvalue weighted by Crippen LogP contribution is 2.14. The monoisotopic (exact) mass is 272 g/mol. The SMILES string of the molecule is CNC1CCCN(C(=O)c2cccc(F)c2)C1.Cl. The molecule has 18 heavy (non-hydrogen) atoms. The van der Waals surface area contributed by atoms with Crippen molar-refractivity contribution in [3.8, 4) is 0 Å². The molecule has 0 aromatic heterocycles. The minimum absolute atomic E-state index is 0. The van der Waals surface area contributed by atoms with E-state index in [-0.39, 0.29) is 24.1 Å². The van der Waals surface area contributed by atoms with Crippen molar-refractivity contribution in [2.75, 3.05) is 20.1 Å². The van der Waals surface area contributed by atoms with Crippen LogP contribution in [-0.4, -0.2) is 37.0 Å². The molecule has 0 bridgehead atoms. The number of benzene rings is 1. The van der Waals surface area contributed by atoms with E-state index in [4.69, 9.17) is 0 Å². The molecule has 1 aromatic rings. The number of hydrogen-bond acceptors (Lipinski definition) is 2. The first kappa shape index (κ1) is 14.9. The molecule has 3 nitrogen and oxygen atoms in total. The van der Waals surface area contributed by atoms with E-state index in [1.54, 1.807) is 17.0 Å². The van der Waals surface area contributed by atoms with Gasteiger partial charge in [-0.2, -0.15) is 0 Å². The number of rotatable bonds is 2. The van der Waals surface area contributed by atoms with Crippen LogP contribution in [0.1, 0.15) is 23.2 Å². The predicted molar refractivity (Wildman–Crippen MR) is 71.6 cm³/mol. The van der Waals surface area contributed by atoms with Crippen LogP contribution in [0.15, 0.2) is 24.3 Å². The lowest BCUT2D eigenvalue weighted by atomic mass is 10.0. The second kappa shape index (κ2) is 6.71. The lowest BCUT2D eigenvalue weighted by Crippen LogP contribution is -2.46. The van der Waals surface area contributed by atoms with Crippen molar-refractivity contribution in [1.82, 2.24) is 10.2 Å². The third-order valence-corrected chi connectivity index (χ3v) is 3.19. The lowest BCUT2D eigenvalue weighted by Gasteiger charge is -2.32. The van der Waals surface area contributed by atoms with Gasteiger partial charge in [-0.25, -0.2) is 4.39 Å². The molecule has 1 atom stereocenters. The van der Waals surface area contributed by atoms with E-state index in [0.29, 0.717) is 18.2 Å². The zero-order chi connectivity index (χ0) is 12.3. The summed E-state index contributed by atoms with van der Waals surface area (Å²) in [5.41, 5.74) is 0.432. The molecule has 0 saturated carbocycles. The molecule has 1 saturated heterocycles. The molecule has 100 valence electrons. The fraction of sp³-hybridized carbons (Fsp3) is 0.462. The van der Waals surface area contributed by atoms with E-state index < -0.39 is 0 Å². The molecular formula is C13H18ClFN2O. The van der Waals surface area contributed by atoms with Crippen LogP contribution in [0.4, 0.5) is 4.39 Å². The van der Waals surface area contributed by atoms with Crippen molar-refractivity contribution in [1.29, 1.82) is 0 Å². The normalized spacial score (nSPS) is 19.2. The molecule has 1 aliphatic heterocycles. The number of piperidine rings is 1. The summed E-state index contributed by atoms with van der Waals surface area (Å²) in [6.07, 6.45) is 2.08. The summed E-state index contributed by atoms with van der Waals surface area (Å²) in [7, 11) is 1.90. The first-order valence-electron chi connectivity index (χ1n) is 5.93. The topological polar surface area (TPSA) is 32.3 Å². The van der Waals surface area contributed by atoms with Gasteiger partial charge < -0.3 is 10.2 Å². The van der Waals surface area contributed by atoms with Gasteiger partial charge in [0.2, 0.25) is 0 Å². The number of likely N-dealkylation sites (N-methyl/N-ethyl adjacent to an activating group) is 1. The summed E-state index contributed by atoms with van der Waals surface area (Å²) in [6, 6.07) is 6.23. The average molecular weight is 273 g/mol. The van der Waals surface area contributed by atoms with Crippen LogP contribution in [0.2, 0.25) is 0 Å². The molecule has 1 amide bonds. The first-order valence-corrected chi connectivity index (χ1v) is 5.93. The zero-order valence-electron chi connectivity index (χ0n) is 10.4. The van der Waals surface area contributed by atoms with Crippen LogP contribution in [0, 0.1) is 5.82 Å². The third-order valence-electron chi connectivity index (χ3n) is 3.19. The van der Waals surface area contributed by atoms with Crippen molar-refractivity contribution in [3.63, 3.8) is 0 Å². The number of amides is 1. The van der Waals surface area contributed by atoms with Crippen LogP contribution in [0.5, 0.6) is 0 Å². The Kier molecular flexibility index (Phi) is 5.56. The summed E-state index contributed by atoms with van der Waals surface area (Å²) >= 11 is 0. The summed E-state index contributed by atoms with van der Waals surface area (Å²) in [5, 5.41) is 3.18. The molecule has 5 heteroatoms. The van der Waals surface area contributed by atoms with E-state index in [0.717, 1.165) is 19.4 Å². The Morgan fingerprint density at radius 2 is 2.28 bits per heavy atom. The van der Waals surface area contributed by atoms with E-state index in [9.17, 15) is 9.18 Å². The zero-order valence-corrected chi connectivity index (χ0v) is 11.2. The molecule has 1 N–H and O–H groups in total. The second-order valence-corrected chi connectivity index (χ2v) is 4.39. The number of carbonyl (C=O) groups is 1.